The number of hydrogen-bond donors (Lipinski definition) is 1. The van der Waals surface area contributed by atoms with Gasteiger partial charge in [-0.15, -0.1) is 0 Å². The van der Waals surface area contributed by atoms with Gasteiger partial charge in [0, 0.05) is 24.6 Å². The van der Waals surface area contributed by atoms with Gasteiger partial charge in [0.25, 0.3) is 0 Å². The Morgan fingerprint density at radius 2 is 1.76 bits per heavy atom. The standard InChI is InChI=1S/C26H34N2O4S/c1-18-8-11-25(32-3)24(16-18)19(2)27-26(29)21-12-14-28(15-13-21)33(30,31)23-10-9-20-6-4-5-7-22(20)17-23/h8-11,16-17,19,21H,4-7,12-15H2,1-3H3,(H,27,29). The van der Waals surface area contributed by atoms with E-state index in [4.69, 9.17) is 4.74 Å². The van der Waals surface area contributed by atoms with Gasteiger partial charge in [0.05, 0.1) is 18.0 Å². The molecule has 1 atom stereocenters. The SMILES string of the molecule is COc1ccc(C)cc1C(C)NC(=O)C1CCN(S(=O)(=O)c2ccc3c(c2)CCCC3)CC1. The normalized spacial score (nSPS) is 18.4. The molecular formula is C26H34N2O4S. The predicted molar refractivity (Wildman–Crippen MR) is 129 cm³/mol. The summed E-state index contributed by atoms with van der Waals surface area (Å²) in [5, 5.41) is 3.10. The number of methoxy groups -OCH3 is 1. The Hall–Kier alpha value is -2.38. The minimum absolute atomic E-state index is 0.0307. The highest BCUT2D eigenvalue weighted by atomic mass is 32.2. The third-order valence-corrected chi connectivity index (χ3v) is 8.89. The van der Waals surface area contributed by atoms with Crippen LogP contribution in [0.5, 0.6) is 5.75 Å². The number of sulfonamides is 1. The van der Waals surface area contributed by atoms with Gasteiger partial charge in [-0.25, -0.2) is 8.42 Å². The molecule has 1 aliphatic carbocycles. The number of nitrogens with zero attached hydrogens (tertiary/aromatic N) is 1. The summed E-state index contributed by atoms with van der Waals surface area (Å²) in [6, 6.07) is 11.3. The van der Waals surface area contributed by atoms with Crippen molar-refractivity contribution in [2.45, 2.75) is 63.3 Å². The Morgan fingerprint density at radius 1 is 1.06 bits per heavy atom. The maximum atomic E-state index is 13.2. The van der Waals surface area contributed by atoms with Crippen LogP contribution in [0.2, 0.25) is 0 Å². The van der Waals surface area contributed by atoms with Gasteiger partial charge in [0.15, 0.2) is 0 Å². The lowest BCUT2D eigenvalue weighted by Gasteiger charge is -2.31. The highest BCUT2D eigenvalue weighted by Gasteiger charge is 2.33. The van der Waals surface area contributed by atoms with Crippen molar-refractivity contribution in [1.82, 2.24) is 9.62 Å². The van der Waals surface area contributed by atoms with E-state index in [-0.39, 0.29) is 17.9 Å². The van der Waals surface area contributed by atoms with Gasteiger partial charge in [0.2, 0.25) is 15.9 Å². The zero-order chi connectivity index (χ0) is 23.6. The van der Waals surface area contributed by atoms with Gasteiger partial charge in [-0.1, -0.05) is 23.8 Å². The van der Waals surface area contributed by atoms with Crippen LogP contribution in [0.4, 0.5) is 0 Å². The van der Waals surface area contributed by atoms with Crippen LogP contribution in [0, 0.1) is 12.8 Å². The van der Waals surface area contributed by atoms with E-state index in [0.29, 0.717) is 30.8 Å². The first kappa shape index (κ1) is 23.8. The quantitative estimate of drug-likeness (QED) is 0.688. The number of hydrogen-bond acceptors (Lipinski definition) is 4. The van der Waals surface area contributed by atoms with E-state index < -0.39 is 10.0 Å². The highest BCUT2D eigenvalue weighted by molar-refractivity contribution is 7.89. The molecule has 2 aromatic rings. The van der Waals surface area contributed by atoms with Crippen LogP contribution in [0.15, 0.2) is 41.3 Å². The Kier molecular flexibility index (Phi) is 7.10. The molecule has 2 aliphatic rings. The molecule has 0 radical (unpaired) electrons. The molecule has 2 aromatic carbocycles. The molecule has 4 rings (SSSR count). The number of nitrogens with one attached hydrogen (secondary N) is 1. The number of amides is 1. The minimum atomic E-state index is -3.54. The Labute approximate surface area is 197 Å². The van der Waals surface area contributed by atoms with E-state index in [0.717, 1.165) is 41.7 Å². The molecule has 0 bridgehead atoms. The smallest absolute Gasteiger partial charge is 0.243 e. The zero-order valence-electron chi connectivity index (χ0n) is 19.8. The summed E-state index contributed by atoms with van der Waals surface area (Å²) in [4.78, 5) is 13.3. The average Bonchev–Trinajstić information content (AvgIpc) is 2.83. The van der Waals surface area contributed by atoms with Crippen molar-refractivity contribution >= 4 is 15.9 Å². The van der Waals surface area contributed by atoms with Crippen molar-refractivity contribution in [2.75, 3.05) is 20.2 Å². The predicted octanol–water partition coefficient (Wildman–Crippen LogP) is 4.16. The molecule has 1 unspecified atom stereocenters. The maximum Gasteiger partial charge on any atom is 0.243 e. The van der Waals surface area contributed by atoms with E-state index >= 15 is 0 Å². The van der Waals surface area contributed by atoms with Gasteiger partial charge in [-0.2, -0.15) is 4.31 Å². The molecule has 7 heteroatoms. The van der Waals surface area contributed by atoms with Gasteiger partial charge >= 0.3 is 0 Å². The van der Waals surface area contributed by atoms with Crippen molar-refractivity contribution in [3.05, 3.63) is 58.7 Å². The maximum absolute atomic E-state index is 13.2. The van der Waals surface area contributed by atoms with Crippen LogP contribution in [-0.4, -0.2) is 38.8 Å². The van der Waals surface area contributed by atoms with E-state index in [1.807, 2.05) is 44.2 Å². The van der Waals surface area contributed by atoms with Crippen LogP contribution in [0.25, 0.3) is 0 Å². The third kappa shape index (κ3) is 5.09. The first-order valence-electron chi connectivity index (χ1n) is 11.9. The second-order valence-electron chi connectivity index (χ2n) is 9.29. The summed E-state index contributed by atoms with van der Waals surface area (Å²) in [5.74, 6) is 0.523. The molecule has 0 spiro atoms. The Balaban J connectivity index is 1.38. The summed E-state index contributed by atoms with van der Waals surface area (Å²) in [6.07, 6.45) is 5.31. The van der Waals surface area contributed by atoms with Crippen LogP contribution in [-0.2, 0) is 27.7 Å². The number of benzene rings is 2. The number of fused-ring (bicyclic) bond motifs is 1. The van der Waals surface area contributed by atoms with Crippen LogP contribution >= 0.6 is 0 Å². The summed E-state index contributed by atoms with van der Waals surface area (Å²) in [7, 11) is -1.91. The Bertz CT molecular complexity index is 1120. The zero-order valence-corrected chi connectivity index (χ0v) is 20.6. The summed E-state index contributed by atoms with van der Waals surface area (Å²) in [6.45, 7) is 4.68. The molecule has 1 saturated heterocycles. The van der Waals surface area contributed by atoms with Gasteiger partial charge in [0.1, 0.15) is 5.75 Å². The highest BCUT2D eigenvalue weighted by Crippen LogP contribution is 2.30. The molecule has 178 valence electrons. The average molecular weight is 471 g/mol. The monoisotopic (exact) mass is 470 g/mol. The van der Waals surface area contributed by atoms with E-state index in [9.17, 15) is 13.2 Å². The lowest BCUT2D eigenvalue weighted by Crippen LogP contribution is -2.43. The first-order chi connectivity index (χ1) is 15.8. The van der Waals surface area contributed by atoms with Gasteiger partial charge < -0.3 is 10.1 Å². The molecule has 1 fully saturated rings. The van der Waals surface area contributed by atoms with Crippen molar-refractivity contribution in [2.24, 2.45) is 5.92 Å². The van der Waals surface area contributed by atoms with E-state index in [1.54, 1.807) is 13.2 Å². The summed E-state index contributed by atoms with van der Waals surface area (Å²) in [5.41, 5.74) is 4.48. The number of carbonyl (C=O) groups excluding carboxylic acids is 1. The minimum Gasteiger partial charge on any atom is -0.496 e. The van der Waals surface area contributed by atoms with Gasteiger partial charge in [-0.05, 0) is 81.7 Å². The fourth-order valence-electron chi connectivity index (χ4n) is 4.98. The number of aryl methyl sites for hydroxylation is 3. The summed E-state index contributed by atoms with van der Waals surface area (Å²) < 4.78 is 33.4. The fourth-order valence-corrected chi connectivity index (χ4v) is 6.50. The van der Waals surface area contributed by atoms with Crippen molar-refractivity contribution in [3.8, 4) is 5.75 Å². The lowest BCUT2D eigenvalue weighted by molar-refractivity contribution is -0.126. The molecule has 1 N–H and O–H groups in total. The second kappa shape index (κ2) is 9.85. The van der Waals surface area contributed by atoms with E-state index in [2.05, 4.69) is 5.32 Å². The fraction of sp³-hybridized carbons (Fsp3) is 0.500. The van der Waals surface area contributed by atoms with Gasteiger partial charge in [-0.3, -0.25) is 4.79 Å². The van der Waals surface area contributed by atoms with Crippen LogP contribution < -0.4 is 10.1 Å². The van der Waals surface area contributed by atoms with E-state index in [1.165, 1.54) is 16.3 Å². The molecule has 33 heavy (non-hydrogen) atoms. The number of piperidine rings is 1. The molecule has 0 aromatic heterocycles. The molecule has 0 saturated carbocycles. The lowest BCUT2D eigenvalue weighted by atomic mass is 9.92. The van der Waals surface area contributed by atoms with Crippen LogP contribution in [0.1, 0.15) is 60.9 Å². The molecule has 1 amide bonds. The van der Waals surface area contributed by atoms with Crippen LogP contribution in [0.3, 0.4) is 0 Å². The molecule has 6 nitrogen and oxygen atoms in total. The number of ether oxygens (including phenoxy) is 1. The molecule has 1 aliphatic heterocycles. The topological polar surface area (TPSA) is 75.7 Å². The molecule has 1 heterocycles. The second-order valence-corrected chi connectivity index (χ2v) is 11.2. The molecular weight excluding hydrogens is 436 g/mol. The van der Waals surface area contributed by atoms with Crippen molar-refractivity contribution in [1.29, 1.82) is 0 Å². The first-order valence-corrected chi connectivity index (χ1v) is 13.3. The van der Waals surface area contributed by atoms with Crippen molar-refractivity contribution < 1.29 is 17.9 Å². The largest absolute Gasteiger partial charge is 0.496 e. The number of carbonyl (C=O) groups is 1. The number of rotatable bonds is 6. The Morgan fingerprint density at radius 3 is 2.45 bits per heavy atom. The third-order valence-electron chi connectivity index (χ3n) is 6.99. The van der Waals surface area contributed by atoms with Crippen molar-refractivity contribution in [3.63, 3.8) is 0 Å². The summed E-state index contributed by atoms with van der Waals surface area (Å²) >= 11 is 0.